The van der Waals surface area contributed by atoms with Crippen molar-refractivity contribution < 1.29 is 4.79 Å². The molecule has 1 heterocycles. The number of aromatic nitrogens is 2. The van der Waals surface area contributed by atoms with Gasteiger partial charge in [0.15, 0.2) is 5.69 Å². The van der Waals surface area contributed by atoms with E-state index >= 15 is 0 Å². The number of rotatable bonds is 8. The number of hydrogen-bond acceptors (Lipinski definition) is 4. The average molecular weight is 393 g/mol. The van der Waals surface area contributed by atoms with E-state index in [0.717, 1.165) is 19.5 Å². The summed E-state index contributed by atoms with van der Waals surface area (Å²) < 4.78 is 1.38. The van der Waals surface area contributed by atoms with E-state index in [-0.39, 0.29) is 17.5 Å². The van der Waals surface area contributed by atoms with Gasteiger partial charge in [-0.2, -0.15) is 5.10 Å². The monoisotopic (exact) mass is 392 g/mol. The normalized spacial score (nSPS) is 11.3. The molecule has 0 fully saturated rings. The van der Waals surface area contributed by atoms with Gasteiger partial charge in [-0.25, -0.2) is 4.68 Å². The Hall–Kier alpha value is -2.99. The van der Waals surface area contributed by atoms with Crippen LogP contribution >= 0.6 is 0 Å². The standard InChI is InChI=1S/C23H28N4O2/c1-17(2)27-23(29)20-13-8-7-12-19(20)21(25-27)22(28)24-14-9-15-26(3)16-18-10-5-4-6-11-18/h4-8,10-13,17H,9,14-16H2,1-3H3,(H,24,28). The minimum absolute atomic E-state index is 0.120. The predicted octanol–water partition coefficient (Wildman–Crippen LogP) is 3.23. The Balaban J connectivity index is 1.63. The van der Waals surface area contributed by atoms with E-state index in [1.807, 2.05) is 38.1 Å². The molecule has 1 N–H and O–H groups in total. The average Bonchev–Trinajstić information content (AvgIpc) is 2.72. The molecule has 6 heteroatoms. The number of benzene rings is 2. The Kier molecular flexibility index (Phi) is 6.77. The highest BCUT2D eigenvalue weighted by Gasteiger charge is 2.17. The summed E-state index contributed by atoms with van der Waals surface area (Å²) in [6.45, 7) is 6.06. The number of hydrogen-bond donors (Lipinski definition) is 1. The van der Waals surface area contributed by atoms with Crippen molar-refractivity contribution in [1.29, 1.82) is 0 Å². The van der Waals surface area contributed by atoms with Crippen molar-refractivity contribution in [3.63, 3.8) is 0 Å². The quantitative estimate of drug-likeness (QED) is 0.598. The van der Waals surface area contributed by atoms with Gasteiger partial charge in [0.2, 0.25) is 0 Å². The fourth-order valence-electron chi connectivity index (χ4n) is 3.33. The third-order valence-electron chi connectivity index (χ3n) is 4.83. The zero-order valence-corrected chi connectivity index (χ0v) is 17.3. The summed E-state index contributed by atoms with van der Waals surface area (Å²) in [4.78, 5) is 27.6. The highest BCUT2D eigenvalue weighted by Crippen LogP contribution is 2.14. The highest BCUT2D eigenvalue weighted by atomic mass is 16.2. The molecule has 0 bridgehead atoms. The Morgan fingerprint density at radius 2 is 1.72 bits per heavy atom. The minimum Gasteiger partial charge on any atom is -0.351 e. The fourth-order valence-corrected chi connectivity index (χ4v) is 3.33. The van der Waals surface area contributed by atoms with E-state index in [1.165, 1.54) is 10.2 Å². The number of fused-ring (bicyclic) bond motifs is 1. The van der Waals surface area contributed by atoms with Crippen LogP contribution in [0, 0.1) is 0 Å². The molecule has 152 valence electrons. The first-order valence-electron chi connectivity index (χ1n) is 9.99. The maximum absolute atomic E-state index is 12.8. The molecule has 0 radical (unpaired) electrons. The molecular formula is C23H28N4O2. The predicted molar refractivity (Wildman–Crippen MR) is 116 cm³/mol. The minimum atomic E-state index is -0.249. The Morgan fingerprint density at radius 3 is 2.41 bits per heavy atom. The van der Waals surface area contributed by atoms with Gasteiger partial charge in [-0.3, -0.25) is 9.59 Å². The largest absolute Gasteiger partial charge is 0.351 e. The molecule has 0 aliphatic heterocycles. The van der Waals surface area contributed by atoms with Gasteiger partial charge in [-0.1, -0.05) is 48.5 Å². The summed E-state index contributed by atoms with van der Waals surface area (Å²) in [7, 11) is 2.07. The second-order valence-corrected chi connectivity index (χ2v) is 7.57. The van der Waals surface area contributed by atoms with E-state index in [2.05, 4.69) is 34.5 Å². The molecule has 1 aromatic heterocycles. The lowest BCUT2D eigenvalue weighted by Gasteiger charge is -2.17. The van der Waals surface area contributed by atoms with Crippen molar-refractivity contribution in [3.05, 3.63) is 76.2 Å². The molecule has 3 rings (SSSR count). The van der Waals surface area contributed by atoms with Crippen molar-refractivity contribution in [2.45, 2.75) is 32.9 Å². The Labute approximate surface area is 171 Å². The van der Waals surface area contributed by atoms with E-state index < -0.39 is 0 Å². The van der Waals surface area contributed by atoms with E-state index in [4.69, 9.17) is 0 Å². The first kappa shape index (κ1) is 20.7. The van der Waals surface area contributed by atoms with E-state index in [1.54, 1.807) is 18.2 Å². The van der Waals surface area contributed by atoms with Crippen LogP contribution in [0.4, 0.5) is 0 Å². The van der Waals surface area contributed by atoms with Crippen LogP contribution < -0.4 is 10.9 Å². The van der Waals surface area contributed by atoms with Crippen molar-refractivity contribution >= 4 is 16.7 Å². The second-order valence-electron chi connectivity index (χ2n) is 7.57. The molecule has 1 amide bonds. The summed E-state index contributed by atoms with van der Waals surface area (Å²) in [6.07, 6.45) is 0.830. The number of carbonyl (C=O) groups excluding carboxylic acids is 1. The lowest BCUT2D eigenvalue weighted by Crippen LogP contribution is -2.32. The number of nitrogens with zero attached hydrogens (tertiary/aromatic N) is 3. The molecule has 0 saturated carbocycles. The van der Waals surface area contributed by atoms with Crippen LogP contribution in [-0.4, -0.2) is 40.7 Å². The molecule has 0 aliphatic rings. The molecule has 6 nitrogen and oxygen atoms in total. The van der Waals surface area contributed by atoms with Gasteiger partial charge >= 0.3 is 0 Å². The van der Waals surface area contributed by atoms with Crippen LogP contribution in [0.3, 0.4) is 0 Å². The first-order chi connectivity index (χ1) is 14.0. The van der Waals surface area contributed by atoms with Gasteiger partial charge in [0.25, 0.3) is 11.5 Å². The third-order valence-corrected chi connectivity index (χ3v) is 4.83. The number of amides is 1. The third kappa shape index (κ3) is 5.09. The van der Waals surface area contributed by atoms with Gasteiger partial charge in [0.1, 0.15) is 0 Å². The number of nitrogens with one attached hydrogen (secondary N) is 1. The number of carbonyl (C=O) groups is 1. The summed E-state index contributed by atoms with van der Waals surface area (Å²) in [5, 5.41) is 8.41. The lowest BCUT2D eigenvalue weighted by molar-refractivity contribution is 0.0946. The maximum atomic E-state index is 12.8. The Bertz CT molecular complexity index is 1030. The van der Waals surface area contributed by atoms with E-state index in [9.17, 15) is 9.59 Å². The maximum Gasteiger partial charge on any atom is 0.274 e. The fraction of sp³-hybridized carbons (Fsp3) is 0.348. The van der Waals surface area contributed by atoms with Crippen LogP contribution in [0.15, 0.2) is 59.4 Å². The van der Waals surface area contributed by atoms with Gasteiger partial charge < -0.3 is 10.2 Å². The van der Waals surface area contributed by atoms with Crippen molar-refractivity contribution in [2.24, 2.45) is 0 Å². The van der Waals surface area contributed by atoms with Crippen molar-refractivity contribution in [3.8, 4) is 0 Å². The SMILES string of the molecule is CC(C)n1nc(C(=O)NCCCN(C)Cc2ccccc2)c2ccccc2c1=O. The highest BCUT2D eigenvalue weighted by molar-refractivity contribution is 6.04. The molecule has 2 aromatic carbocycles. The zero-order chi connectivity index (χ0) is 20.8. The van der Waals surface area contributed by atoms with Crippen molar-refractivity contribution in [1.82, 2.24) is 20.0 Å². The molecule has 0 saturated heterocycles. The van der Waals surface area contributed by atoms with Gasteiger partial charge in [-0.15, -0.1) is 0 Å². The summed E-state index contributed by atoms with van der Waals surface area (Å²) in [6, 6.07) is 17.3. The van der Waals surface area contributed by atoms with Crippen LogP contribution in [-0.2, 0) is 6.54 Å². The molecule has 29 heavy (non-hydrogen) atoms. The Morgan fingerprint density at radius 1 is 1.07 bits per heavy atom. The molecular weight excluding hydrogens is 364 g/mol. The van der Waals surface area contributed by atoms with Gasteiger partial charge in [0.05, 0.1) is 11.4 Å². The first-order valence-corrected chi connectivity index (χ1v) is 9.99. The smallest absolute Gasteiger partial charge is 0.274 e. The molecule has 0 atom stereocenters. The topological polar surface area (TPSA) is 67.2 Å². The summed E-state index contributed by atoms with van der Waals surface area (Å²) in [5.74, 6) is -0.249. The van der Waals surface area contributed by atoms with E-state index in [0.29, 0.717) is 23.0 Å². The molecule has 0 spiro atoms. The zero-order valence-electron chi connectivity index (χ0n) is 17.3. The lowest BCUT2D eigenvalue weighted by atomic mass is 10.1. The summed E-state index contributed by atoms with van der Waals surface area (Å²) in [5.41, 5.74) is 1.40. The second kappa shape index (κ2) is 9.47. The van der Waals surface area contributed by atoms with Crippen LogP contribution in [0.2, 0.25) is 0 Å². The summed E-state index contributed by atoms with van der Waals surface area (Å²) >= 11 is 0. The van der Waals surface area contributed by atoms with Crippen molar-refractivity contribution in [2.75, 3.05) is 20.1 Å². The van der Waals surface area contributed by atoms with Crippen LogP contribution in [0.1, 0.15) is 42.4 Å². The van der Waals surface area contributed by atoms with Crippen LogP contribution in [0.25, 0.3) is 10.8 Å². The van der Waals surface area contributed by atoms with Gasteiger partial charge in [0, 0.05) is 18.5 Å². The molecule has 3 aromatic rings. The molecule has 0 unspecified atom stereocenters. The van der Waals surface area contributed by atoms with Crippen LogP contribution in [0.5, 0.6) is 0 Å². The molecule has 0 aliphatic carbocycles. The van der Waals surface area contributed by atoms with Gasteiger partial charge in [-0.05, 0) is 45.5 Å².